The van der Waals surface area contributed by atoms with Crippen molar-refractivity contribution >= 4 is 5.97 Å². The van der Waals surface area contributed by atoms with Crippen molar-refractivity contribution in [1.29, 1.82) is 0 Å². The second kappa shape index (κ2) is 6.94. The summed E-state index contributed by atoms with van der Waals surface area (Å²) in [5.74, 6) is 0.646. The van der Waals surface area contributed by atoms with Crippen LogP contribution in [0.5, 0.6) is 5.75 Å². The number of carbonyl (C=O) groups is 1. The van der Waals surface area contributed by atoms with Crippen LogP contribution in [0, 0.1) is 5.92 Å². The minimum atomic E-state index is -0.762. The fraction of sp³-hybridized carbons (Fsp3) is 0.500. The van der Waals surface area contributed by atoms with Crippen molar-refractivity contribution in [3.8, 4) is 5.75 Å². The second-order valence-electron chi connectivity index (χ2n) is 4.36. The maximum atomic E-state index is 10.4. The molecule has 0 bridgehead atoms. The molecule has 94 valence electrons. The van der Waals surface area contributed by atoms with Crippen LogP contribution >= 0.6 is 0 Å². The van der Waals surface area contributed by atoms with Crippen LogP contribution in [0.4, 0.5) is 0 Å². The first-order valence-electron chi connectivity index (χ1n) is 6.05. The van der Waals surface area contributed by atoms with E-state index in [4.69, 9.17) is 9.84 Å². The van der Waals surface area contributed by atoms with Crippen molar-refractivity contribution in [2.75, 3.05) is 6.61 Å². The molecule has 3 heteroatoms. The van der Waals surface area contributed by atoms with Crippen LogP contribution in [0.15, 0.2) is 24.3 Å². The van der Waals surface area contributed by atoms with Crippen molar-refractivity contribution in [3.63, 3.8) is 0 Å². The summed E-state index contributed by atoms with van der Waals surface area (Å²) in [7, 11) is 0. The standard InChI is InChI=1S/C14H20O3/c1-3-11(2)10-17-13-7-4-12(5-8-13)6-9-14(15)16/h4-5,7-8,11H,3,6,9-10H2,1-2H3,(H,15,16). The second-order valence-corrected chi connectivity index (χ2v) is 4.36. The molecule has 3 nitrogen and oxygen atoms in total. The molecule has 1 rings (SSSR count). The normalized spacial score (nSPS) is 12.1. The fourth-order valence-electron chi connectivity index (χ4n) is 1.36. The predicted molar refractivity (Wildman–Crippen MR) is 67.3 cm³/mol. The van der Waals surface area contributed by atoms with Crippen LogP contribution in [-0.4, -0.2) is 17.7 Å². The molecule has 0 amide bonds. The number of carboxylic acid groups (broad SMARTS) is 1. The summed E-state index contributed by atoms with van der Waals surface area (Å²) in [5, 5.41) is 8.58. The van der Waals surface area contributed by atoms with Gasteiger partial charge in [0.25, 0.3) is 0 Å². The molecule has 0 saturated carbocycles. The first kappa shape index (κ1) is 13.6. The Hall–Kier alpha value is -1.51. The van der Waals surface area contributed by atoms with Gasteiger partial charge < -0.3 is 9.84 Å². The zero-order chi connectivity index (χ0) is 12.7. The number of aliphatic carboxylic acids is 1. The van der Waals surface area contributed by atoms with Gasteiger partial charge in [0.05, 0.1) is 6.61 Å². The quantitative estimate of drug-likeness (QED) is 0.791. The highest BCUT2D eigenvalue weighted by Crippen LogP contribution is 2.15. The molecule has 0 aromatic heterocycles. The molecule has 0 radical (unpaired) electrons. The van der Waals surface area contributed by atoms with Crippen molar-refractivity contribution in [2.45, 2.75) is 33.1 Å². The number of aryl methyl sites for hydroxylation is 1. The van der Waals surface area contributed by atoms with E-state index in [1.807, 2.05) is 24.3 Å². The third kappa shape index (κ3) is 5.38. The topological polar surface area (TPSA) is 46.5 Å². The van der Waals surface area contributed by atoms with Gasteiger partial charge in [0.2, 0.25) is 0 Å². The third-order valence-corrected chi connectivity index (χ3v) is 2.78. The fourth-order valence-corrected chi connectivity index (χ4v) is 1.36. The number of carboxylic acids is 1. The largest absolute Gasteiger partial charge is 0.493 e. The summed E-state index contributed by atoms with van der Waals surface area (Å²) >= 11 is 0. The Bertz CT molecular complexity index is 343. The van der Waals surface area contributed by atoms with Gasteiger partial charge in [-0.15, -0.1) is 0 Å². The Labute approximate surface area is 102 Å². The van der Waals surface area contributed by atoms with Crippen LogP contribution in [0.2, 0.25) is 0 Å². The molecule has 1 aromatic rings. The first-order chi connectivity index (χ1) is 8.11. The van der Waals surface area contributed by atoms with Gasteiger partial charge in [-0.25, -0.2) is 0 Å². The predicted octanol–water partition coefficient (Wildman–Crippen LogP) is 3.13. The molecule has 0 fully saturated rings. The van der Waals surface area contributed by atoms with Gasteiger partial charge in [0.15, 0.2) is 0 Å². The van der Waals surface area contributed by atoms with E-state index < -0.39 is 5.97 Å². The van der Waals surface area contributed by atoms with Gasteiger partial charge >= 0.3 is 5.97 Å². The van der Waals surface area contributed by atoms with E-state index in [9.17, 15) is 4.79 Å². The van der Waals surface area contributed by atoms with Crippen LogP contribution < -0.4 is 4.74 Å². The van der Waals surface area contributed by atoms with E-state index in [2.05, 4.69) is 13.8 Å². The Morgan fingerprint density at radius 2 is 2.00 bits per heavy atom. The summed E-state index contributed by atoms with van der Waals surface area (Å²) in [5.41, 5.74) is 1.03. The summed E-state index contributed by atoms with van der Waals surface area (Å²) in [6.07, 6.45) is 1.85. The SMILES string of the molecule is CCC(C)COc1ccc(CCC(=O)O)cc1. The maximum absolute atomic E-state index is 10.4. The number of rotatable bonds is 7. The lowest BCUT2D eigenvalue weighted by atomic mass is 10.1. The molecular weight excluding hydrogens is 216 g/mol. The highest BCUT2D eigenvalue weighted by atomic mass is 16.5. The number of hydrogen-bond acceptors (Lipinski definition) is 2. The first-order valence-corrected chi connectivity index (χ1v) is 6.05. The number of benzene rings is 1. The van der Waals surface area contributed by atoms with E-state index in [1.54, 1.807) is 0 Å². The lowest BCUT2D eigenvalue weighted by Gasteiger charge is -2.11. The molecule has 0 aliphatic carbocycles. The third-order valence-electron chi connectivity index (χ3n) is 2.78. The molecule has 0 heterocycles. The highest BCUT2D eigenvalue weighted by molar-refractivity contribution is 5.67. The average Bonchev–Trinajstić information content (AvgIpc) is 2.34. The summed E-state index contributed by atoms with van der Waals surface area (Å²) in [6, 6.07) is 7.66. The van der Waals surface area contributed by atoms with E-state index in [1.165, 1.54) is 0 Å². The molecule has 1 aromatic carbocycles. The summed E-state index contributed by atoms with van der Waals surface area (Å²) in [6.45, 7) is 5.02. The highest BCUT2D eigenvalue weighted by Gasteiger charge is 2.02. The van der Waals surface area contributed by atoms with E-state index in [-0.39, 0.29) is 6.42 Å². The van der Waals surface area contributed by atoms with E-state index in [0.29, 0.717) is 12.3 Å². The van der Waals surface area contributed by atoms with E-state index >= 15 is 0 Å². The Kier molecular flexibility index (Phi) is 5.53. The van der Waals surface area contributed by atoms with Crippen molar-refractivity contribution in [1.82, 2.24) is 0 Å². The minimum Gasteiger partial charge on any atom is -0.493 e. The summed E-state index contributed by atoms with van der Waals surface area (Å²) in [4.78, 5) is 10.4. The average molecular weight is 236 g/mol. The van der Waals surface area contributed by atoms with Crippen molar-refractivity contribution in [3.05, 3.63) is 29.8 Å². The Balaban J connectivity index is 2.41. The molecule has 17 heavy (non-hydrogen) atoms. The van der Waals surface area contributed by atoms with E-state index in [0.717, 1.165) is 24.3 Å². The molecular formula is C14H20O3. The smallest absolute Gasteiger partial charge is 0.303 e. The monoisotopic (exact) mass is 236 g/mol. The molecule has 0 aliphatic rings. The summed E-state index contributed by atoms with van der Waals surface area (Å²) < 4.78 is 5.62. The molecule has 0 spiro atoms. The van der Waals surface area contributed by atoms with Crippen LogP contribution in [-0.2, 0) is 11.2 Å². The molecule has 1 unspecified atom stereocenters. The van der Waals surface area contributed by atoms with Gasteiger partial charge in [0.1, 0.15) is 5.75 Å². The minimum absolute atomic E-state index is 0.174. The Morgan fingerprint density at radius 1 is 1.35 bits per heavy atom. The lowest BCUT2D eigenvalue weighted by molar-refractivity contribution is -0.136. The van der Waals surface area contributed by atoms with Gasteiger partial charge in [-0.2, -0.15) is 0 Å². The number of ether oxygens (including phenoxy) is 1. The maximum Gasteiger partial charge on any atom is 0.303 e. The molecule has 1 N–H and O–H groups in total. The van der Waals surface area contributed by atoms with Gasteiger partial charge in [0, 0.05) is 6.42 Å². The van der Waals surface area contributed by atoms with Crippen molar-refractivity contribution < 1.29 is 14.6 Å². The van der Waals surface area contributed by atoms with Crippen LogP contribution in [0.3, 0.4) is 0 Å². The molecule has 1 atom stereocenters. The zero-order valence-corrected chi connectivity index (χ0v) is 10.5. The molecule has 0 aliphatic heterocycles. The Morgan fingerprint density at radius 3 is 2.53 bits per heavy atom. The van der Waals surface area contributed by atoms with Gasteiger partial charge in [-0.1, -0.05) is 32.4 Å². The number of hydrogen-bond donors (Lipinski definition) is 1. The molecule has 0 saturated heterocycles. The zero-order valence-electron chi connectivity index (χ0n) is 10.5. The van der Waals surface area contributed by atoms with Crippen molar-refractivity contribution in [2.24, 2.45) is 5.92 Å². The van der Waals surface area contributed by atoms with Gasteiger partial charge in [-0.05, 0) is 30.0 Å². The van der Waals surface area contributed by atoms with Crippen LogP contribution in [0.25, 0.3) is 0 Å². The van der Waals surface area contributed by atoms with Crippen LogP contribution in [0.1, 0.15) is 32.3 Å². The van der Waals surface area contributed by atoms with Gasteiger partial charge in [-0.3, -0.25) is 4.79 Å². The lowest BCUT2D eigenvalue weighted by Crippen LogP contribution is -2.07.